The zero-order valence-corrected chi connectivity index (χ0v) is 38.9. The number of nitrogens with zero attached hydrogens (tertiary/aromatic N) is 2. The van der Waals surface area contributed by atoms with Crippen LogP contribution in [-0.4, -0.2) is 0 Å². The van der Waals surface area contributed by atoms with Gasteiger partial charge >= 0.3 is 0 Å². The topological polar surface area (TPSA) is 6.48 Å². The molecule has 10 aromatic rings. The Morgan fingerprint density at radius 1 is 0.338 bits per heavy atom. The molecule has 0 radical (unpaired) electrons. The van der Waals surface area contributed by atoms with E-state index in [9.17, 15) is 0 Å². The van der Waals surface area contributed by atoms with Crippen molar-refractivity contribution in [2.24, 2.45) is 0 Å². The Bertz CT molecular complexity index is 3470. The fraction of sp³-hybridized carbons (Fsp3) is 0.175. The van der Waals surface area contributed by atoms with Crippen molar-refractivity contribution in [2.75, 3.05) is 9.80 Å². The molecule has 0 heterocycles. The summed E-state index contributed by atoms with van der Waals surface area (Å²) in [4.78, 5) is 4.87. The predicted molar refractivity (Wildman–Crippen MR) is 281 cm³/mol. The first-order valence-corrected chi connectivity index (χ1v) is 23.2. The van der Waals surface area contributed by atoms with E-state index in [1.165, 1.54) is 76.5 Å². The van der Waals surface area contributed by atoms with Gasteiger partial charge in [-0.05, 0) is 160 Å². The van der Waals surface area contributed by atoms with Crippen LogP contribution in [0.5, 0.6) is 0 Å². The van der Waals surface area contributed by atoms with Crippen molar-refractivity contribution in [3.8, 4) is 11.1 Å². The van der Waals surface area contributed by atoms with E-state index in [1.807, 2.05) is 0 Å². The van der Waals surface area contributed by atoms with Crippen LogP contribution in [0.15, 0.2) is 194 Å². The molecule has 318 valence electrons. The molecule has 0 spiro atoms. The molecule has 0 aliphatic heterocycles. The molecule has 1 aliphatic rings. The van der Waals surface area contributed by atoms with E-state index in [4.69, 9.17) is 0 Å². The molecule has 1 aliphatic carbocycles. The van der Waals surface area contributed by atoms with Crippen LogP contribution in [0.1, 0.15) is 77.6 Å². The van der Waals surface area contributed by atoms with Crippen molar-refractivity contribution in [3.63, 3.8) is 0 Å². The summed E-state index contributed by atoms with van der Waals surface area (Å²) >= 11 is 0. The quantitative estimate of drug-likeness (QED) is 0.154. The van der Waals surface area contributed by atoms with Gasteiger partial charge in [0.1, 0.15) is 0 Å². The van der Waals surface area contributed by atoms with Crippen LogP contribution in [-0.2, 0) is 16.2 Å². The Morgan fingerprint density at radius 3 is 1.28 bits per heavy atom. The van der Waals surface area contributed by atoms with Gasteiger partial charge in [-0.2, -0.15) is 0 Å². The van der Waals surface area contributed by atoms with Gasteiger partial charge in [0.05, 0.1) is 0 Å². The van der Waals surface area contributed by atoms with E-state index in [1.54, 1.807) is 0 Å². The maximum Gasteiger partial charge on any atom is 0.0468 e. The zero-order chi connectivity index (χ0) is 44.8. The Kier molecular flexibility index (Phi) is 9.35. The first-order valence-electron chi connectivity index (χ1n) is 23.2. The van der Waals surface area contributed by atoms with Gasteiger partial charge in [-0.25, -0.2) is 0 Å². The smallest absolute Gasteiger partial charge is 0.0468 e. The molecule has 0 saturated heterocycles. The second-order valence-corrected chi connectivity index (χ2v) is 20.7. The summed E-state index contributed by atoms with van der Waals surface area (Å²) in [6.45, 7) is 18.5. The molecule has 2 heteroatoms. The lowest BCUT2D eigenvalue weighted by molar-refractivity contribution is 0.590. The third-order valence-electron chi connectivity index (χ3n) is 14.1. The third-order valence-corrected chi connectivity index (χ3v) is 14.1. The minimum atomic E-state index is -0.281. The molecule has 0 aromatic heterocycles. The number of rotatable bonds is 6. The molecule has 0 amide bonds. The maximum absolute atomic E-state index is 2.47. The first-order chi connectivity index (χ1) is 31.2. The molecule has 2 nitrogen and oxygen atoms in total. The standard InChI is InChI=1S/C63H56N2/c1-61(2,3)45-23-29-47(30-24-45)64(49-27-21-41-15-9-11-17-43(41)37-49)51-33-35-55-57(39-51)53-19-13-14-20-54(53)59-56-36-34-52(40-58(56)63(7,8)60(55)59)65(48-31-25-46(26-32-48)62(4,5)6)50-28-22-42-16-10-12-18-44(42)38-50/h9-40H,1-8H3. The number of fused-ring (bicyclic) bond motifs is 10. The monoisotopic (exact) mass is 840 g/mol. The van der Waals surface area contributed by atoms with Crippen LogP contribution in [0.4, 0.5) is 34.1 Å². The van der Waals surface area contributed by atoms with Crippen LogP contribution in [0.3, 0.4) is 0 Å². The van der Waals surface area contributed by atoms with E-state index < -0.39 is 0 Å². The second-order valence-electron chi connectivity index (χ2n) is 20.7. The Hall–Kier alpha value is -7.16. The zero-order valence-electron chi connectivity index (χ0n) is 38.9. The lowest BCUT2D eigenvalue weighted by Crippen LogP contribution is -2.17. The summed E-state index contributed by atoms with van der Waals surface area (Å²) in [5, 5.41) is 10.1. The SMILES string of the molecule is CC(C)(C)c1ccc(N(c2ccc3c(c2)C(C)(C)c2c-3c3ccccc3c3cc(N(c4ccc(C(C)(C)C)cc4)c4ccc5ccccc5c4)ccc23)c2ccc3ccccc3c2)cc1. The van der Waals surface area contributed by atoms with E-state index in [0.717, 1.165) is 34.1 Å². The van der Waals surface area contributed by atoms with Gasteiger partial charge in [0, 0.05) is 39.5 Å². The van der Waals surface area contributed by atoms with Crippen LogP contribution in [0.2, 0.25) is 0 Å². The molecule has 0 atom stereocenters. The van der Waals surface area contributed by atoms with Gasteiger partial charge in [0.2, 0.25) is 0 Å². The third kappa shape index (κ3) is 6.86. The van der Waals surface area contributed by atoms with Gasteiger partial charge in [-0.1, -0.05) is 177 Å². The summed E-state index contributed by atoms with van der Waals surface area (Å²) in [7, 11) is 0. The molecular weight excluding hydrogens is 785 g/mol. The van der Waals surface area contributed by atoms with Gasteiger partial charge in [0.15, 0.2) is 0 Å². The largest absolute Gasteiger partial charge is 0.310 e. The molecule has 11 rings (SSSR count). The lowest BCUT2D eigenvalue weighted by Gasteiger charge is -2.30. The normalized spacial score (nSPS) is 13.4. The molecule has 0 unspecified atom stereocenters. The second kappa shape index (κ2) is 15.0. The van der Waals surface area contributed by atoms with Gasteiger partial charge < -0.3 is 9.80 Å². The Labute approximate surface area is 384 Å². The van der Waals surface area contributed by atoms with Crippen molar-refractivity contribution in [1.29, 1.82) is 0 Å². The van der Waals surface area contributed by atoms with Crippen LogP contribution in [0.25, 0.3) is 54.2 Å². The van der Waals surface area contributed by atoms with Crippen molar-refractivity contribution in [1.82, 2.24) is 0 Å². The number of benzene rings is 10. The molecule has 0 N–H and O–H groups in total. The van der Waals surface area contributed by atoms with Crippen molar-refractivity contribution in [2.45, 2.75) is 71.6 Å². The van der Waals surface area contributed by atoms with E-state index >= 15 is 0 Å². The molecule has 0 fully saturated rings. The number of hydrogen-bond acceptors (Lipinski definition) is 2. The fourth-order valence-corrected chi connectivity index (χ4v) is 10.5. The molecule has 10 aromatic carbocycles. The van der Waals surface area contributed by atoms with Crippen molar-refractivity contribution in [3.05, 3.63) is 216 Å². The average Bonchev–Trinajstić information content (AvgIpc) is 3.55. The van der Waals surface area contributed by atoms with Crippen LogP contribution < -0.4 is 9.80 Å². The molecular formula is C63H56N2. The minimum Gasteiger partial charge on any atom is -0.310 e. The maximum atomic E-state index is 2.47. The van der Waals surface area contributed by atoms with Gasteiger partial charge in [0.25, 0.3) is 0 Å². The summed E-state index contributed by atoms with van der Waals surface area (Å²) < 4.78 is 0. The summed E-state index contributed by atoms with van der Waals surface area (Å²) in [6.07, 6.45) is 0. The fourth-order valence-electron chi connectivity index (χ4n) is 10.5. The summed E-state index contributed by atoms with van der Waals surface area (Å²) in [5.41, 5.74) is 14.8. The highest BCUT2D eigenvalue weighted by Crippen LogP contribution is 2.56. The minimum absolute atomic E-state index is 0.0616. The molecule has 0 saturated carbocycles. The lowest BCUT2D eigenvalue weighted by atomic mass is 9.79. The van der Waals surface area contributed by atoms with Crippen molar-refractivity contribution < 1.29 is 0 Å². The van der Waals surface area contributed by atoms with Crippen molar-refractivity contribution >= 4 is 77.2 Å². The van der Waals surface area contributed by atoms with E-state index in [2.05, 4.69) is 259 Å². The Balaban J connectivity index is 1.08. The van der Waals surface area contributed by atoms with Crippen LogP contribution >= 0.6 is 0 Å². The summed E-state index contributed by atoms with van der Waals surface area (Å²) in [6, 6.07) is 72.8. The Morgan fingerprint density at radius 2 is 0.754 bits per heavy atom. The molecule has 65 heavy (non-hydrogen) atoms. The highest BCUT2D eigenvalue weighted by atomic mass is 15.1. The summed E-state index contributed by atoms with van der Waals surface area (Å²) in [5.74, 6) is 0. The molecule has 0 bridgehead atoms. The predicted octanol–water partition coefficient (Wildman–Crippen LogP) is 18.1. The van der Waals surface area contributed by atoms with E-state index in [-0.39, 0.29) is 16.2 Å². The first kappa shape index (κ1) is 40.6. The number of hydrogen-bond donors (Lipinski definition) is 0. The highest BCUT2D eigenvalue weighted by molar-refractivity contribution is 6.19. The highest BCUT2D eigenvalue weighted by Gasteiger charge is 2.39. The number of anilines is 6. The van der Waals surface area contributed by atoms with Gasteiger partial charge in [-0.15, -0.1) is 0 Å². The van der Waals surface area contributed by atoms with Gasteiger partial charge in [-0.3, -0.25) is 0 Å². The van der Waals surface area contributed by atoms with E-state index in [0.29, 0.717) is 0 Å². The average molecular weight is 841 g/mol. The van der Waals surface area contributed by atoms with Crippen LogP contribution in [0, 0.1) is 0 Å².